The first-order valence-corrected chi connectivity index (χ1v) is 4.21. The highest BCUT2D eigenvalue weighted by molar-refractivity contribution is 5.78. The highest BCUT2D eigenvalue weighted by atomic mass is 14.1. The fourth-order valence-electron chi connectivity index (χ4n) is 1.48. The molecule has 0 spiro atoms. The standard InChI is InChI=1S/C12H11/c1-10-6-5-9-12(10)11-7-3-2-4-8-11/h2-4,6-8H,5H2,1H3. The summed E-state index contributed by atoms with van der Waals surface area (Å²) < 4.78 is 0. The van der Waals surface area contributed by atoms with E-state index in [1.807, 2.05) is 6.07 Å². The Morgan fingerprint density at radius 1 is 1.17 bits per heavy atom. The van der Waals surface area contributed by atoms with Gasteiger partial charge < -0.3 is 0 Å². The van der Waals surface area contributed by atoms with Crippen LogP contribution in [-0.4, -0.2) is 0 Å². The number of hydrogen-bond acceptors (Lipinski definition) is 0. The second-order valence-corrected chi connectivity index (χ2v) is 3.01. The van der Waals surface area contributed by atoms with E-state index in [0.29, 0.717) is 0 Å². The zero-order valence-corrected chi connectivity index (χ0v) is 7.17. The van der Waals surface area contributed by atoms with Gasteiger partial charge in [0.1, 0.15) is 0 Å². The highest BCUT2D eigenvalue weighted by Crippen LogP contribution is 2.27. The molecule has 0 saturated heterocycles. The summed E-state index contributed by atoms with van der Waals surface area (Å²) in [6, 6.07) is 10.4. The SMILES string of the molecule is CC1=CC[C]=C1c1ccccc1. The number of allylic oxidation sites excluding steroid dienone is 4. The second-order valence-electron chi connectivity index (χ2n) is 3.01. The van der Waals surface area contributed by atoms with Crippen LogP contribution in [0.15, 0.2) is 42.0 Å². The molecule has 0 N–H and O–H groups in total. The minimum Gasteiger partial charge on any atom is -0.0765 e. The molecule has 0 aliphatic heterocycles. The molecule has 0 saturated carbocycles. The summed E-state index contributed by atoms with van der Waals surface area (Å²) in [5.74, 6) is 0. The summed E-state index contributed by atoms with van der Waals surface area (Å²) in [5.41, 5.74) is 3.90. The van der Waals surface area contributed by atoms with Crippen molar-refractivity contribution >= 4 is 5.57 Å². The molecule has 12 heavy (non-hydrogen) atoms. The normalized spacial score (nSPS) is 15.8. The molecular weight excluding hydrogens is 144 g/mol. The van der Waals surface area contributed by atoms with E-state index >= 15 is 0 Å². The molecule has 1 radical (unpaired) electrons. The predicted octanol–water partition coefficient (Wildman–Crippen LogP) is 3.22. The van der Waals surface area contributed by atoms with Crippen molar-refractivity contribution < 1.29 is 0 Å². The van der Waals surface area contributed by atoms with Gasteiger partial charge in [-0.15, -0.1) is 0 Å². The van der Waals surface area contributed by atoms with Crippen molar-refractivity contribution in [3.05, 3.63) is 53.6 Å². The molecule has 0 atom stereocenters. The van der Waals surface area contributed by atoms with Gasteiger partial charge in [0.15, 0.2) is 0 Å². The second kappa shape index (κ2) is 2.98. The molecule has 1 aliphatic carbocycles. The van der Waals surface area contributed by atoms with Crippen LogP contribution >= 0.6 is 0 Å². The molecule has 2 rings (SSSR count). The summed E-state index contributed by atoms with van der Waals surface area (Å²) in [5, 5.41) is 0. The largest absolute Gasteiger partial charge is 0.0765 e. The number of rotatable bonds is 1. The maximum Gasteiger partial charge on any atom is -0.00822 e. The fraction of sp³-hybridized carbons (Fsp3) is 0.167. The quantitative estimate of drug-likeness (QED) is 0.584. The smallest absolute Gasteiger partial charge is 0.00822 e. The van der Waals surface area contributed by atoms with Gasteiger partial charge in [-0.25, -0.2) is 0 Å². The lowest BCUT2D eigenvalue weighted by Crippen LogP contribution is -1.81. The van der Waals surface area contributed by atoms with Crippen LogP contribution < -0.4 is 0 Å². The molecule has 0 aromatic heterocycles. The molecule has 1 aliphatic rings. The van der Waals surface area contributed by atoms with Gasteiger partial charge in [0, 0.05) is 0 Å². The van der Waals surface area contributed by atoms with E-state index in [0.717, 1.165) is 6.42 Å². The van der Waals surface area contributed by atoms with E-state index in [9.17, 15) is 0 Å². The van der Waals surface area contributed by atoms with Gasteiger partial charge >= 0.3 is 0 Å². The van der Waals surface area contributed by atoms with Gasteiger partial charge in [0.2, 0.25) is 0 Å². The van der Waals surface area contributed by atoms with Crippen LogP contribution in [0.4, 0.5) is 0 Å². The maximum absolute atomic E-state index is 3.35. The molecule has 0 bridgehead atoms. The third-order valence-corrected chi connectivity index (χ3v) is 2.14. The van der Waals surface area contributed by atoms with Crippen LogP contribution in [0.25, 0.3) is 5.57 Å². The lowest BCUT2D eigenvalue weighted by molar-refractivity contribution is 1.38. The van der Waals surface area contributed by atoms with Crippen molar-refractivity contribution in [3.63, 3.8) is 0 Å². The molecule has 1 aromatic carbocycles. The van der Waals surface area contributed by atoms with Crippen LogP contribution in [0.1, 0.15) is 18.9 Å². The van der Waals surface area contributed by atoms with Crippen molar-refractivity contribution in [1.82, 2.24) is 0 Å². The molecule has 0 nitrogen and oxygen atoms in total. The molecule has 0 amide bonds. The van der Waals surface area contributed by atoms with Crippen LogP contribution in [0.5, 0.6) is 0 Å². The molecule has 0 fully saturated rings. The Hall–Kier alpha value is -1.30. The van der Waals surface area contributed by atoms with Crippen LogP contribution in [0.2, 0.25) is 0 Å². The van der Waals surface area contributed by atoms with Gasteiger partial charge in [-0.05, 0) is 36.1 Å². The van der Waals surface area contributed by atoms with Gasteiger partial charge in [-0.1, -0.05) is 36.4 Å². The molecule has 0 heterocycles. The number of benzene rings is 1. The zero-order valence-electron chi connectivity index (χ0n) is 7.17. The third-order valence-electron chi connectivity index (χ3n) is 2.14. The molecule has 0 unspecified atom stereocenters. The minimum absolute atomic E-state index is 0.968. The van der Waals surface area contributed by atoms with E-state index in [4.69, 9.17) is 0 Å². The first-order valence-electron chi connectivity index (χ1n) is 4.21. The van der Waals surface area contributed by atoms with E-state index in [1.54, 1.807) is 0 Å². The Morgan fingerprint density at radius 3 is 2.50 bits per heavy atom. The third kappa shape index (κ3) is 1.20. The van der Waals surface area contributed by atoms with Crippen molar-refractivity contribution in [2.24, 2.45) is 0 Å². The average molecular weight is 155 g/mol. The topological polar surface area (TPSA) is 0 Å². The molecule has 59 valence electrons. The average Bonchev–Trinajstić information content (AvgIpc) is 2.53. The monoisotopic (exact) mass is 155 g/mol. The van der Waals surface area contributed by atoms with Gasteiger partial charge in [-0.2, -0.15) is 0 Å². The predicted molar refractivity (Wildman–Crippen MR) is 51.5 cm³/mol. The lowest BCUT2D eigenvalue weighted by Gasteiger charge is -2.02. The van der Waals surface area contributed by atoms with Gasteiger partial charge in [0.05, 0.1) is 0 Å². The van der Waals surface area contributed by atoms with Crippen molar-refractivity contribution in [1.29, 1.82) is 0 Å². The van der Waals surface area contributed by atoms with Crippen molar-refractivity contribution in [3.8, 4) is 0 Å². The zero-order chi connectivity index (χ0) is 8.39. The van der Waals surface area contributed by atoms with E-state index < -0.39 is 0 Å². The van der Waals surface area contributed by atoms with Crippen LogP contribution in [-0.2, 0) is 0 Å². The Balaban J connectivity index is 2.39. The summed E-state index contributed by atoms with van der Waals surface area (Å²) in [4.78, 5) is 0. The van der Waals surface area contributed by atoms with Gasteiger partial charge in [0.25, 0.3) is 0 Å². The van der Waals surface area contributed by atoms with E-state index in [-0.39, 0.29) is 0 Å². The Bertz CT molecular complexity index is 328. The summed E-state index contributed by atoms with van der Waals surface area (Å²) in [6.07, 6.45) is 6.53. The maximum atomic E-state index is 3.35. The molecular formula is C12H11. The van der Waals surface area contributed by atoms with Crippen molar-refractivity contribution in [2.45, 2.75) is 13.3 Å². The van der Waals surface area contributed by atoms with Crippen LogP contribution in [0, 0.1) is 6.08 Å². The highest BCUT2D eigenvalue weighted by Gasteiger charge is 2.06. The van der Waals surface area contributed by atoms with E-state index in [1.165, 1.54) is 16.7 Å². The summed E-state index contributed by atoms with van der Waals surface area (Å²) in [7, 11) is 0. The lowest BCUT2D eigenvalue weighted by atomic mass is 10.0. The fourth-order valence-corrected chi connectivity index (χ4v) is 1.48. The van der Waals surface area contributed by atoms with Gasteiger partial charge in [-0.3, -0.25) is 0 Å². The first-order chi connectivity index (χ1) is 5.88. The van der Waals surface area contributed by atoms with Crippen LogP contribution in [0.3, 0.4) is 0 Å². The first kappa shape index (κ1) is 7.35. The Labute approximate surface area is 73.2 Å². The molecule has 0 heteroatoms. The summed E-state index contributed by atoms with van der Waals surface area (Å²) in [6.45, 7) is 2.14. The minimum atomic E-state index is 0.968. The Morgan fingerprint density at radius 2 is 1.92 bits per heavy atom. The van der Waals surface area contributed by atoms with Crippen molar-refractivity contribution in [2.75, 3.05) is 0 Å². The Kier molecular flexibility index (Phi) is 1.83. The number of hydrogen-bond donors (Lipinski definition) is 0. The summed E-state index contributed by atoms with van der Waals surface area (Å²) >= 11 is 0. The molecule has 1 aromatic rings. The van der Waals surface area contributed by atoms with E-state index in [2.05, 4.69) is 43.3 Å².